The summed E-state index contributed by atoms with van der Waals surface area (Å²) >= 11 is 0. The highest BCUT2D eigenvalue weighted by molar-refractivity contribution is 7.85. The molecule has 6 heteroatoms. The molecule has 0 aromatic heterocycles. The van der Waals surface area contributed by atoms with Crippen molar-refractivity contribution >= 4 is 42.4 Å². The largest absolute Gasteiger partial charge is 0.394 e. The van der Waals surface area contributed by atoms with Gasteiger partial charge >= 0.3 is 0 Å². The number of rotatable bonds is 8. The van der Waals surface area contributed by atoms with Crippen molar-refractivity contribution in [3.8, 4) is 0 Å². The van der Waals surface area contributed by atoms with E-state index in [1.54, 1.807) is 0 Å². The monoisotopic (exact) mass is 411 g/mol. The molecule has 4 aromatic rings. The van der Waals surface area contributed by atoms with Crippen molar-refractivity contribution in [3.63, 3.8) is 0 Å². The van der Waals surface area contributed by atoms with Crippen LogP contribution in [0.4, 0.5) is 0 Å². The van der Waals surface area contributed by atoms with E-state index in [9.17, 15) is 13.5 Å². The Morgan fingerprint density at radius 1 is 0.966 bits per heavy atom. The minimum atomic E-state index is -3.58. The zero-order valence-electron chi connectivity index (χ0n) is 16.6. The highest BCUT2D eigenvalue weighted by Gasteiger charge is 2.29. The molecule has 0 bridgehead atoms. The van der Waals surface area contributed by atoms with Crippen LogP contribution in [0.2, 0.25) is 0 Å². The summed E-state index contributed by atoms with van der Waals surface area (Å²) in [5, 5.41) is 20.6. The maximum atomic E-state index is 11.4. The van der Waals surface area contributed by atoms with E-state index in [0.29, 0.717) is 13.0 Å². The van der Waals surface area contributed by atoms with Crippen LogP contribution >= 0.6 is 0 Å². The van der Waals surface area contributed by atoms with E-state index < -0.39 is 15.7 Å². The van der Waals surface area contributed by atoms with Gasteiger partial charge in [-0.2, -0.15) is 8.42 Å². The average molecular weight is 412 g/mol. The maximum Gasteiger partial charge on any atom is 0.264 e. The van der Waals surface area contributed by atoms with Crippen LogP contribution in [0, 0.1) is 0 Å². The molecule has 0 aliphatic heterocycles. The predicted octanol–water partition coefficient (Wildman–Crippen LogP) is 3.79. The second kappa shape index (κ2) is 7.54. The number of hydrogen-bond acceptors (Lipinski definition) is 5. The molecule has 4 rings (SSSR count). The Bertz CT molecular complexity index is 1250. The molecular formula is C23H25NO4S. The molecule has 29 heavy (non-hydrogen) atoms. The quantitative estimate of drug-likeness (QED) is 0.341. The van der Waals surface area contributed by atoms with Gasteiger partial charge in [0, 0.05) is 6.54 Å². The summed E-state index contributed by atoms with van der Waals surface area (Å²) < 4.78 is 27.8. The van der Waals surface area contributed by atoms with Gasteiger partial charge in [0.05, 0.1) is 25.0 Å². The zero-order chi connectivity index (χ0) is 20.6. The summed E-state index contributed by atoms with van der Waals surface area (Å²) in [6.45, 7) is 2.07. The Kier molecular flexibility index (Phi) is 5.21. The van der Waals surface area contributed by atoms with Crippen LogP contribution in [-0.2, 0) is 20.8 Å². The highest BCUT2D eigenvalue weighted by Crippen LogP contribution is 2.36. The van der Waals surface area contributed by atoms with E-state index in [1.165, 1.54) is 26.9 Å². The van der Waals surface area contributed by atoms with E-state index in [1.807, 2.05) is 6.92 Å². The third kappa shape index (κ3) is 3.81. The molecule has 1 unspecified atom stereocenters. The lowest BCUT2D eigenvalue weighted by Gasteiger charge is -2.31. The van der Waals surface area contributed by atoms with Crippen LogP contribution in [0.5, 0.6) is 0 Å². The Labute approximate surface area is 170 Å². The molecule has 2 N–H and O–H groups in total. The molecule has 152 valence electrons. The van der Waals surface area contributed by atoms with Gasteiger partial charge in [-0.1, -0.05) is 61.5 Å². The Morgan fingerprint density at radius 3 is 2.21 bits per heavy atom. The predicted molar refractivity (Wildman–Crippen MR) is 118 cm³/mol. The van der Waals surface area contributed by atoms with Gasteiger partial charge in [0.1, 0.15) is 0 Å². The summed E-state index contributed by atoms with van der Waals surface area (Å²) in [4.78, 5) is 0. The number of aliphatic hydroxyl groups excluding tert-OH is 1. The van der Waals surface area contributed by atoms with Crippen molar-refractivity contribution in [1.29, 1.82) is 0 Å². The van der Waals surface area contributed by atoms with Crippen LogP contribution in [0.15, 0.2) is 54.6 Å². The summed E-state index contributed by atoms with van der Waals surface area (Å²) in [6.07, 6.45) is 1.55. The summed E-state index contributed by atoms with van der Waals surface area (Å²) in [7, 11) is -3.58. The molecule has 0 radical (unpaired) electrons. The van der Waals surface area contributed by atoms with Crippen molar-refractivity contribution in [2.75, 3.05) is 19.5 Å². The second-order valence-electron chi connectivity index (χ2n) is 7.69. The Morgan fingerprint density at radius 2 is 1.59 bits per heavy atom. The summed E-state index contributed by atoms with van der Waals surface area (Å²) in [5.74, 6) is 0. The summed E-state index contributed by atoms with van der Waals surface area (Å²) in [6, 6.07) is 19.1. The van der Waals surface area contributed by atoms with Crippen LogP contribution in [-0.4, -0.2) is 38.5 Å². The standard InChI is InChI=1S/C23H25NO4S/c1-3-23(14-25,15-28-29(2,26)27)24-13-19-10-9-18-8-7-16-5-4-6-17-11-12-20(19)22(18)21(16)17/h4-12,24-25H,3,13-15H2,1-2H3. The van der Waals surface area contributed by atoms with Crippen LogP contribution < -0.4 is 5.32 Å². The number of benzene rings is 4. The molecule has 0 amide bonds. The number of hydrogen-bond donors (Lipinski definition) is 2. The lowest BCUT2D eigenvalue weighted by molar-refractivity contribution is 0.101. The first kappa shape index (κ1) is 20.0. The van der Waals surface area contributed by atoms with E-state index in [0.717, 1.165) is 17.2 Å². The molecule has 0 aliphatic carbocycles. The van der Waals surface area contributed by atoms with Gasteiger partial charge in [-0.15, -0.1) is 0 Å². The van der Waals surface area contributed by atoms with Crippen molar-refractivity contribution in [1.82, 2.24) is 5.32 Å². The van der Waals surface area contributed by atoms with Gasteiger partial charge in [0.15, 0.2) is 0 Å². The zero-order valence-corrected chi connectivity index (χ0v) is 17.4. The van der Waals surface area contributed by atoms with E-state index >= 15 is 0 Å². The van der Waals surface area contributed by atoms with Crippen LogP contribution in [0.3, 0.4) is 0 Å². The third-order valence-electron chi connectivity index (χ3n) is 5.80. The van der Waals surface area contributed by atoms with E-state index in [4.69, 9.17) is 4.18 Å². The van der Waals surface area contributed by atoms with Crippen molar-refractivity contribution in [3.05, 3.63) is 60.2 Å². The molecule has 0 spiro atoms. The fraction of sp³-hybridized carbons (Fsp3) is 0.304. The van der Waals surface area contributed by atoms with Gasteiger partial charge in [-0.25, -0.2) is 0 Å². The maximum absolute atomic E-state index is 11.4. The summed E-state index contributed by atoms with van der Waals surface area (Å²) in [5.41, 5.74) is 0.272. The molecule has 0 fully saturated rings. The van der Waals surface area contributed by atoms with Crippen molar-refractivity contribution < 1.29 is 17.7 Å². The first-order chi connectivity index (χ1) is 13.9. The lowest BCUT2D eigenvalue weighted by atomic mass is 9.91. The Balaban J connectivity index is 1.72. The van der Waals surface area contributed by atoms with Gasteiger partial charge in [-0.05, 0) is 44.3 Å². The van der Waals surface area contributed by atoms with Crippen molar-refractivity contribution in [2.45, 2.75) is 25.4 Å². The SMILES string of the molecule is CCC(CO)(COS(C)(=O)=O)NCc1ccc2ccc3cccc4ccc1c2c34. The fourth-order valence-corrected chi connectivity index (χ4v) is 4.38. The molecule has 4 aromatic carbocycles. The molecular weight excluding hydrogens is 386 g/mol. The van der Waals surface area contributed by atoms with Gasteiger partial charge in [0.2, 0.25) is 0 Å². The molecule has 0 aliphatic rings. The van der Waals surface area contributed by atoms with Crippen molar-refractivity contribution in [2.24, 2.45) is 0 Å². The average Bonchev–Trinajstić information content (AvgIpc) is 2.72. The fourth-order valence-electron chi connectivity index (χ4n) is 3.94. The van der Waals surface area contributed by atoms with E-state index in [2.05, 4.69) is 59.9 Å². The first-order valence-electron chi connectivity index (χ1n) is 9.71. The van der Waals surface area contributed by atoms with Crippen LogP contribution in [0.25, 0.3) is 32.3 Å². The smallest absolute Gasteiger partial charge is 0.264 e. The Hall–Kier alpha value is -2.25. The highest BCUT2D eigenvalue weighted by atomic mass is 32.2. The van der Waals surface area contributed by atoms with Gasteiger partial charge < -0.3 is 10.4 Å². The molecule has 5 nitrogen and oxygen atoms in total. The minimum Gasteiger partial charge on any atom is -0.394 e. The molecule has 0 heterocycles. The number of aliphatic hydroxyl groups is 1. The van der Waals surface area contributed by atoms with Gasteiger partial charge in [-0.3, -0.25) is 4.18 Å². The minimum absolute atomic E-state index is 0.106. The third-order valence-corrected chi connectivity index (χ3v) is 6.35. The van der Waals surface area contributed by atoms with E-state index in [-0.39, 0.29) is 13.2 Å². The van der Waals surface area contributed by atoms with Gasteiger partial charge in [0.25, 0.3) is 10.1 Å². The lowest BCUT2D eigenvalue weighted by Crippen LogP contribution is -2.51. The second-order valence-corrected chi connectivity index (χ2v) is 9.34. The molecule has 0 saturated carbocycles. The number of nitrogens with one attached hydrogen (secondary N) is 1. The van der Waals surface area contributed by atoms with Crippen LogP contribution in [0.1, 0.15) is 18.9 Å². The normalized spacial score (nSPS) is 14.7. The topological polar surface area (TPSA) is 75.6 Å². The molecule has 1 atom stereocenters. The first-order valence-corrected chi connectivity index (χ1v) is 11.5. The molecule has 0 saturated heterocycles.